The first-order chi connectivity index (χ1) is 13.6. The van der Waals surface area contributed by atoms with Gasteiger partial charge in [0.05, 0.1) is 6.04 Å². The molecule has 0 saturated heterocycles. The van der Waals surface area contributed by atoms with Crippen molar-refractivity contribution in [2.24, 2.45) is 5.92 Å². The third-order valence-corrected chi connectivity index (χ3v) is 4.91. The number of rotatable bonds is 8. The maximum Gasteiger partial charge on any atom is 0.261 e. The van der Waals surface area contributed by atoms with Gasteiger partial charge in [0.2, 0.25) is 0 Å². The predicted octanol–water partition coefficient (Wildman–Crippen LogP) is 5.90. The van der Waals surface area contributed by atoms with E-state index in [-0.39, 0.29) is 11.9 Å². The van der Waals surface area contributed by atoms with Crippen LogP contribution in [-0.2, 0) is 4.79 Å². The third-order valence-electron chi connectivity index (χ3n) is 4.91. The first-order valence-corrected chi connectivity index (χ1v) is 10.1. The van der Waals surface area contributed by atoms with Crippen molar-refractivity contribution in [3.05, 3.63) is 78.4 Å². The van der Waals surface area contributed by atoms with Crippen LogP contribution in [0.5, 0.6) is 5.75 Å². The van der Waals surface area contributed by atoms with Crippen molar-refractivity contribution in [3.8, 4) is 5.75 Å². The molecular formula is C25H29NO2. The second-order valence-corrected chi connectivity index (χ2v) is 7.59. The van der Waals surface area contributed by atoms with E-state index in [4.69, 9.17) is 4.74 Å². The standard InChI is InChI=1S/C25H29NO2/c1-4-23(28-24-16-10-14-19-11-8-9-15-21(19)24)25(27)26-22(17-18(2)3)20-12-6-5-7-13-20/h5-16,18,22-23H,4,17H2,1-3H3,(H,26,27). The fourth-order valence-electron chi connectivity index (χ4n) is 3.47. The second-order valence-electron chi connectivity index (χ2n) is 7.59. The summed E-state index contributed by atoms with van der Waals surface area (Å²) >= 11 is 0. The van der Waals surface area contributed by atoms with Gasteiger partial charge in [-0.25, -0.2) is 0 Å². The van der Waals surface area contributed by atoms with Crippen molar-refractivity contribution in [1.29, 1.82) is 0 Å². The van der Waals surface area contributed by atoms with Crippen molar-refractivity contribution < 1.29 is 9.53 Å². The molecule has 28 heavy (non-hydrogen) atoms. The Morgan fingerprint density at radius 2 is 1.61 bits per heavy atom. The molecule has 3 aromatic carbocycles. The Labute approximate surface area is 167 Å². The quantitative estimate of drug-likeness (QED) is 0.532. The number of amides is 1. The van der Waals surface area contributed by atoms with Gasteiger partial charge < -0.3 is 10.1 Å². The van der Waals surface area contributed by atoms with E-state index < -0.39 is 6.10 Å². The summed E-state index contributed by atoms with van der Waals surface area (Å²) in [6.45, 7) is 6.33. The molecule has 0 bridgehead atoms. The number of ether oxygens (including phenoxy) is 1. The van der Waals surface area contributed by atoms with Gasteiger partial charge in [0.25, 0.3) is 5.91 Å². The van der Waals surface area contributed by atoms with Crippen molar-refractivity contribution >= 4 is 16.7 Å². The number of hydrogen-bond donors (Lipinski definition) is 1. The normalized spacial score (nSPS) is 13.3. The van der Waals surface area contributed by atoms with Crippen molar-refractivity contribution in [3.63, 3.8) is 0 Å². The fraction of sp³-hybridized carbons (Fsp3) is 0.320. The summed E-state index contributed by atoms with van der Waals surface area (Å²) in [6.07, 6.45) is 0.975. The second kappa shape index (κ2) is 9.41. The molecule has 1 amide bonds. The molecule has 0 aromatic heterocycles. The minimum Gasteiger partial charge on any atom is -0.480 e. The van der Waals surface area contributed by atoms with Gasteiger partial charge in [0.15, 0.2) is 6.10 Å². The van der Waals surface area contributed by atoms with Crippen LogP contribution >= 0.6 is 0 Å². The lowest BCUT2D eigenvalue weighted by atomic mass is 9.96. The molecule has 3 rings (SSSR count). The van der Waals surface area contributed by atoms with E-state index in [0.717, 1.165) is 28.5 Å². The Balaban J connectivity index is 1.78. The fourth-order valence-corrected chi connectivity index (χ4v) is 3.47. The SMILES string of the molecule is CCC(Oc1cccc2ccccc12)C(=O)NC(CC(C)C)c1ccccc1. The highest BCUT2D eigenvalue weighted by Crippen LogP contribution is 2.27. The summed E-state index contributed by atoms with van der Waals surface area (Å²) in [5, 5.41) is 5.35. The van der Waals surface area contributed by atoms with Gasteiger partial charge in [0, 0.05) is 5.39 Å². The van der Waals surface area contributed by atoms with Gasteiger partial charge in [-0.05, 0) is 35.8 Å². The lowest BCUT2D eigenvalue weighted by Crippen LogP contribution is -2.40. The zero-order valence-electron chi connectivity index (χ0n) is 16.9. The molecule has 0 aliphatic rings. The van der Waals surface area contributed by atoms with E-state index in [1.54, 1.807) is 0 Å². The first-order valence-electron chi connectivity index (χ1n) is 10.1. The largest absolute Gasteiger partial charge is 0.480 e. The Morgan fingerprint density at radius 1 is 0.929 bits per heavy atom. The molecule has 0 radical (unpaired) electrons. The molecule has 1 N–H and O–H groups in total. The van der Waals surface area contributed by atoms with Crippen LogP contribution in [0.2, 0.25) is 0 Å². The molecule has 3 nitrogen and oxygen atoms in total. The number of fused-ring (bicyclic) bond motifs is 1. The van der Waals surface area contributed by atoms with Crippen molar-refractivity contribution in [1.82, 2.24) is 5.32 Å². The third kappa shape index (κ3) is 4.92. The minimum atomic E-state index is -0.524. The van der Waals surface area contributed by atoms with Crippen LogP contribution in [0.15, 0.2) is 72.8 Å². The Bertz CT molecular complexity index is 899. The average Bonchev–Trinajstić information content (AvgIpc) is 2.71. The van der Waals surface area contributed by atoms with Gasteiger partial charge in [0.1, 0.15) is 5.75 Å². The summed E-state index contributed by atoms with van der Waals surface area (Å²) in [5.41, 5.74) is 1.13. The molecule has 0 heterocycles. The molecule has 2 atom stereocenters. The molecule has 0 aliphatic carbocycles. The first kappa shape index (κ1) is 19.9. The molecular weight excluding hydrogens is 346 g/mol. The molecule has 146 valence electrons. The maximum absolute atomic E-state index is 13.0. The molecule has 0 saturated carbocycles. The molecule has 0 aliphatic heterocycles. The number of hydrogen-bond acceptors (Lipinski definition) is 2. The smallest absolute Gasteiger partial charge is 0.261 e. The number of benzene rings is 3. The summed E-state index contributed by atoms with van der Waals surface area (Å²) in [5.74, 6) is 1.16. The molecule has 0 fully saturated rings. The Hall–Kier alpha value is -2.81. The monoisotopic (exact) mass is 375 g/mol. The van der Waals surface area contributed by atoms with E-state index in [2.05, 4.69) is 43.4 Å². The zero-order chi connectivity index (χ0) is 19.9. The maximum atomic E-state index is 13.0. The highest BCUT2D eigenvalue weighted by Gasteiger charge is 2.23. The van der Waals surface area contributed by atoms with Crippen LogP contribution in [0.4, 0.5) is 0 Å². The zero-order valence-corrected chi connectivity index (χ0v) is 16.9. The van der Waals surface area contributed by atoms with Gasteiger partial charge in [-0.15, -0.1) is 0 Å². The van der Waals surface area contributed by atoms with Gasteiger partial charge in [-0.1, -0.05) is 87.5 Å². The highest BCUT2D eigenvalue weighted by atomic mass is 16.5. The van der Waals surface area contributed by atoms with Gasteiger partial charge in [-0.3, -0.25) is 4.79 Å². The van der Waals surface area contributed by atoms with Crippen LogP contribution in [0.1, 0.15) is 45.2 Å². The van der Waals surface area contributed by atoms with Gasteiger partial charge in [-0.2, -0.15) is 0 Å². The van der Waals surface area contributed by atoms with Gasteiger partial charge >= 0.3 is 0 Å². The molecule has 2 unspecified atom stereocenters. The Morgan fingerprint density at radius 3 is 2.32 bits per heavy atom. The average molecular weight is 376 g/mol. The van der Waals surface area contributed by atoms with Crippen molar-refractivity contribution in [2.45, 2.75) is 45.8 Å². The predicted molar refractivity (Wildman–Crippen MR) is 115 cm³/mol. The lowest BCUT2D eigenvalue weighted by molar-refractivity contribution is -0.129. The van der Waals surface area contributed by atoms with Crippen LogP contribution in [0, 0.1) is 5.92 Å². The van der Waals surface area contributed by atoms with E-state index in [0.29, 0.717) is 12.3 Å². The van der Waals surface area contributed by atoms with E-state index in [1.807, 2.05) is 55.5 Å². The summed E-state index contributed by atoms with van der Waals surface area (Å²) < 4.78 is 6.17. The summed E-state index contributed by atoms with van der Waals surface area (Å²) in [7, 11) is 0. The summed E-state index contributed by atoms with van der Waals surface area (Å²) in [6, 6.07) is 24.2. The number of nitrogens with one attached hydrogen (secondary N) is 1. The Kier molecular flexibility index (Phi) is 6.70. The molecule has 3 aromatic rings. The van der Waals surface area contributed by atoms with E-state index in [1.165, 1.54) is 0 Å². The van der Waals surface area contributed by atoms with E-state index >= 15 is 0 Å². The molecule has 0 spiro atoms. The van der Waals surface area contributed by atoms with E-state index in [9.17, 15) is 4.79 Å². The van der Waals surface area contributed by atoms with Crippen LogP contribution in [0.25, 0.3) is 10.8 Å². The van der Waals surface area contributed by atoms with Crippen LogP contribution in [-0.4, -0.2) is 12.0 Å². The number of carbonyl (C=O) groups excluding carboxylic acids is 1. The summed E-state index contributed by atoms with van der Waals surface area (Å²) in [4.78, 5) is 13.0. The van der Waals surface area contributed by atoms with Crippen LogP contribution in [0.3, 0.4) is 0 Å². The molecule has 3 heteroatoms. The van der Waals surface area contributed by atoms with Crippen LogP contribution < -0.4 is 10.1 Å². The number of carbonyl (C=O) groups is 1. The minimum absolute atomic E-state index is 0.0149. The lowest BCUT2D eigenvalue weighted by Gasteiger charge is -2.25. The van der Waals surface area contributed by atoms with Crippen molar-refractivity contribution in [2.75, 3.05) is 0 Å². The topological polar surface area (TPSA) is 38.3 Å². The highest BCUT2D eigenvalue weighted by molar-refractivity contribution is 5.89.